The highest BCUT2D eigenvalue weighted by molar-refractivity contribution is 5.61. The normalized spacial score (nSPS) is 10.7. The van der Waals surface area contributed by atoms with Gasteiger partial charge in [-0.05, 0) is 18.2 Å². The molecule has 0 atom stereocenters. The quantitative estimate of drug-likeness (QED) is 0.591. The highest BCUT2D eigenvalue weighted by Crippen LogP contribution is 2.25. The van der Waals surface area contributed by atoms with Gasteiger partial charge in [0.1, 0.15) is 17.2 Å². The van der Waals surface area contributed by atoms with Gasteiger partial charge in [-0.25, -0.2) is 9.37 Å². The average Bonchev–Trinajstić information content (AvgIpc) is 2.87. The summed E-state index contributed by atoms with van der Waals surface area (Å²) in [6.07, 6.45) is 3.67. The molecule has 0 amide bonds. The van der Waals surface area contributed by atoms with Crippen molar-refractivity contribution in [2.24, 2.45) is 0 Å². The Morgan fingerprint density at radius 3 is 2.95 bits per heavy atom. The number of rotatable bonds is 4. The number of nitro benzene ring substituents is 1. The predicted molar refractivity (Wildman–Crippen MR) is 75.6 cm³/mol. The number of aromatic nitrogens is 2. The third-order valence-corrected chi connectivity index (χ3v) is 3.03. The van der Waals surface area contributed by atoms with Crippen molar-refractivity contribution in [2.75, 3.05) is 5.32 Å². The Morgan fingerprint density at radius 1 is 1.33 bits per heavy atom. The van der Waals surface area contributed by atoms with E-state index in [1.54, 1.807) is 0 Å². The van der Waals surface area contributed by atoms with E-state index in [2.05, 4.69) is 10.3 Å². The second kappa shape index (κ2) is 5.20. The minimum atomic E-state index is -0.550. The maximum Gasteiger partial charge on any atom is 0.292 e. The summed E-state index contributed by atoms with van der Waals surface area (Å²) < 4.78 is 15.1. The molecule has 0 bridgehead atoms. The molecular weight excluding hydrogens is 275 g/mol. The van der Waals surface area contributed by atoms with Gasteiger partial charge in [0.2, 0.25) is 0 Å². The van der Waals surface area contributed by atoms with Crippen LogP contribution in [0.15, 0.2) is 48.8 Å². The molecule has 1 N–H and O–H groups in total. The number of imidazole rings is 1. The molecule has 0 unspecified atom stereocenters. The van der Waals surface area contributed by atoms with Gasteiger partial charge in [-0.2, -0.15) is 0 Å². The van der Waals surface area contributed by atoms with E-state index < -0.39 is 10.7 Å². The van der Waals surface area contributed by atoms with Crippen molar-refractivity contribution in [1.82, 2.24) is 9.38 Å². The molecule has 1 aromatic carbocycles. The second-order valence-corrected chi connectivity index (χ2v) is 4.47. The van der Waals surface area contributed by atoms with Crippen LogP contribution in [0.4, 0.5) is 15.8 Å². The zero-order chi connectivity index (χ0) is 14.8. The van der Waals surface area contributed by atoms with Crippen LogP contribution in [-0.4, -0.2) is 14.3 Å². The molecule has 7 heteroatoms. The van der Waals surface area contributed by atoms with Crippen LogP contribution in [-0.2, 0) is 6.54 Å². The van der Waals surface area contributed by atoms with Crippen LogP contribution in [0, 0.1) is 15.9 Å². The Labute approximate surface area is 119 Å². The number of halogens is 1. The number of anilines is 1. The first-order valence-electron chi connectivity index (χ1n) is 6.24. The fourth-order valence-corrected chi connectivity index (χ4v) is 2.07. The minimum Gasteiger partial charge on any atom is -0.374 e. The van der Waals surface area contributed by atoms with E-state index in [1.807, 2.05) is 35.0 Å². The van der Waals surface area contributed by atoms with Crippen molar-refractivity contribution in [2.45, 2.75) is 6.54 Å². The van der Waals surface area contributed by atoms with Gasteiger partial charge in [-0.1, -0.05) is 6.07 Å². The summed E-state index contributed by atoms with van der Waals surface area (Å²) in [5.74, 6) is -0.530. The van der Waals surface area contributed by atoms with Crippen LogP contribution >= 0.6 is 0 Å². The first kappa shape index (κ1) is 13.0. The van der Waals surface area contributed by atoms with Gasteiger partial charge in [0.15, 0.2) is 0 Å². The van der Waals surface area contributed by atoms with E-state index in [9.17, 15) is 14.5 Å². The molecule has 0 aliphatic carbocycles. The third-order valence-electron chi connectivity index (χ3n) is 3.03. The summed E-state index contributed by atoms with van der Waals surface area (Å²) in [5.41, 5.74) is 1.46. The number of hydrogen-bond donors (Lipinski definition) is 1. The lowest BCUT2D eigenvalue weighted by atomic mass is 10.2. The maximum absolute atomic E-state index is 13.2. The Kier molecular flexibility index (Phi) is 3.23. The van der Waals surface area contributed by atoms with Crippen LogP contribution in [0.1, 0.15) is 5.69 Å². The Hall–Kier alpha value is -2.96. The summed E-state index contributed by atoms with van der Waals surface area (Å²) in [6.45, 7) is 0.270. The average molecular weight is 286 g/mol. The molecule has 0 radical (unpaired) electrons. The van der Waals surface area contributed by atoms with Gasteiger partial charge in [0.25, 0.3) is 5.69 Å². The summed E-state index contributed by atoms with van der Waals surface area (Å²) in [7, 11) is 0. The lowest BCUT2D eigenvalue weighted by molar-refractivity contribution is -0.384. The van der Waals surface area contributed by atoms with E-state index in [1.165, 1.54) is 0 Å². The summed E-state index contributed by atoms with van der Waals surface area (Å²) in [6, 6.07) is 8.91. The number of nitro groups is 1. The molecule has 0 saturated carbocycles. The summed E-state index contributed by atoms with van der Waals surface area (Å²) in [4.78, 5) is 14.7. The number of benzene rings is 1. The number of nitrogens with one attached hydrogen (secondary N) is 1. The molecule has 0 aliphatic rings. The molecule has 3 rings (SSSR count). The fourth-order valence-electron chi connectivity index (χ4n) is 2.07. The molecule has 2 aromatic heterocycles. The maximum atomic E-state index is 13.2. The van der Waals surface area contributed by atoms with Crippen LogP contribution < -0.4 is 5.32 Å². The smallest absolute Gasteiger partial charge is 0.292 e. The van der Waals surface area contributed by atoms with Crippen molar-refractivity contribution < 1.29 is 9.31 Å². The van der Waals surface area contributed by atoms with Crippen molar-refractivity contribution in [3.63, 3.8) is 0 Å². The Balaban J connectivity index is 1.84. The van der Waals surface area contributed by atoms with Crippen LogP contribution in [0.2, 0.25) is 0 Å². The molecule has 0 fully saturated rings. The lowest BCUT2D eigenvalue weighted by Gasteiger charge is -2.05. The van der Waals surface area contributed by atoms with Crippen LogP contribution in [0.5, 0.6) is 0 Å². The third kappa shape index (κ3) is 2.66. The summed E-state index contributed by atoms with van der Waals surface area (Å²) in [5, 5.41) is 13.8. The number of fused-ring (bicyclic) bond motifs is 1. The first-order valence-corrected chi connectivity index (χ1v) is 6.24. The molecule has 0 spiro atoms. The van der Waals surface area contributed by atoms with Gasteiger partial charge in [0.05, 0.1) is 17.2 Å². The summed E-state index contributed by atoms with van der Waals surface area (Å²) >= 11 is 0. The Bertz CT molecular complexity index is 783. The molecular formula is C14H11FN4O2. The lowest BCUT2D eigenvalue weighted by Crippen LogP contribution is -2.03. The van der Waals surface area contributed by atoms with Crippen LogP contribution in [0.25, 0.3) is 5.65 Å². The molecule has 2 heterocycles. The zero-order valence-electron chi connectivity index (χ0n) is 10.9. The topological polar surface area (TPSA) is 72.5 Å². The van der Waals surface area contributed by atoms with E-state index in [-0.39, 0.29) is 17.9 Å². The fraction of sp³-hybridized carbons (Fsp3) is 0.0714. The van der Waals surface area contributed by atoms with Crippen molar-refractivity contribution >= 4 is 17.0 Å². The van der Waals surface area contributed by atoms with Gasteiger partial charge in [-0.15, -0.1) is 0 Å². The molecule has 21 heavy (non-hydrogen) atoms. The number of hydrogen-bond acceptors (Lipinski definition) is 4. The Morgan fingerprint density at radius 2 is 2.19 bits per heavy atom. The molecule has 0 aliphatic heterocycles. The van der Waals surface area contributed by atoms with Crippen molar-refractivity contribution in [3.05, 3.63) is 70.4 Å². The first-order chi connectivity index (χ1) is 10.1. The standard InChI is InChI=1S/C14H11FN4O2/c15-10-4-5-13(19(20)21)12(7-10)16-8-11-9-18-6-2-1-3-14(18)17-11/h1-7,9,16H,8H2. The van der Waals surface area contributed by atoms with Gasteiger partial charge >= 0.3 is 0 Å². The molecule has 106 valence electrons. The SMILES string of the molecule is O=[N+]([O-])c1ccc(F)cc1NCc1cn2ccccc2n1. The van der Waals surface area contributed by atoms with Gasteiger partial charge in [-0.3, -0.25) is 10.1 Å². The van der Waals surface area contributed by atoms with Gasteiger partial charge < -0.3 is 9.72 Å². The largest absolute Gasteiger partial charge is 0.374 e. The zero-order valence-corrected chi connectivity index (χ0v) is 10.9. The van der Waals surface area contributed by atoms with Gasteiger partial charge in [0, 0.05) is 24.5 Å². The minimum absolute atomic E-state index is 0.136. The number of pyridine rings is 1. The molecule has 3 aromatic rings. The monoisotopic (exact) mass is 286 g/mol. The molecule has 6 nitrogen and oxygen atoms in total. The van der Waals surface area contributed by atoms with E-state index in [0.29, 0.717) is 5.69 Å². The van der Waals surface area contributed by atoms with Crippen molar-refractivity contribution in [1.29, 1.82) is 0 Å². The molecule has 0 saturated heterocycles. The van der Waals surface area contributed by atoms with E-state index >= 15 is 0 Å². The number of nitrogens with zero attached hydrogens (tertiary/aromatic N) is 3. The van der Waals surface area contributed by atoms with Crippen LogP contribution in [0.3, 0.4) is 0 Å². The predicted octanol–water partition coefficient (Wildman–Crippen LogP) is 2.99. The second-order valence-electron chi connectivity index (χ2n) is 4.47. The highest BCUT2D eigenvalue weighted by Gasteiger charge is 2.14. The van der Waals surface area contributed by atoms with E-state index in [0.717, 1.165) is 23.8 Å². The highest BCUT2D eigenvalue weighted by atomic mass is 19.1. The van der Waals surface area contributed by atoms with Crippen molar-refractivity contribution in [3.8, 4) is 0 Å². The van der Waals surface area contributed by atoms with E-state index in [4.69, 9.17) is 0 Å².